The molecule has 2 aromatic rings. The first-order valence-electron chi connectivity index (χ1n) is 6.11. The monoisotopic (exact) mass is 376 g/mol. The third kappa shape index (κ3) is 3.85. The van der Waals surface area contributed by atoms with Gasteiger partial charge in [-0.1, -0.05) is 0 Å². The lowest BCUT2D eigenvalue weighted by molar-refractivity contribution is -0.141. The van der Waals surface area contributed by atoms with E-state index >= 15 is 0 Å². The van der Waals surface area contributed by atoms with Gasteiger partial charge >= 0.3 is 12.2 Å². The lowest BCUT2D eigenvalue weighted by Crippen LogP contribution is -2.16. The van der Waals surface area contributed by atoms with Gasteiger partial charge in [-0.25, -0.2) is 4.98 Å². The fourth-order valence-corrected chi connectivity index (χ4v) is 2.01. The van der Waals surface area contributed by atoms with Crippen LogP contribution in [0, 0.1) is 6.92 Å². The van der Waals surface area contributed by atoms with Crippen molar-refractivity contribution in [3.05, 3.63) is 34.2 Å². The number of halogens is 4. The van der Waals surface area contributed by atoms with Gasteiger partial charge in [-0.2, -0.15) is 23.1 Å². The van der Waals surface area contributed by atoms with E-state index in [-0.39, 0.29) is 11.6 Å². The van der Waals surface area contributed by atoms with Crippen LogP contribution in [-0.4, -0.2) is 29.0 Å². The molecule has 0 aliphatic rings. The lowest BCUT2D eigenvalue weighted by Gasteiger charge is -2.15. The summed E-state index contributed by atoms with van der Waals surface area (Å²) in [5.41, 5.74) is -0.337. The molecule has 118 valence electrons. The molecule has 9 heteroatoms. The molecule has 0 aliphatic heterocycles. The quantitative estimate of drug-likeness (QED) is 0.762. The van der Waals surface area contributed by atoms with Gasteiger partial charge in [-0.15, -0.1) is 0 Å². The van der Waals surface area contributed by atoms with Crippen molar-refractivity contribution < 1.29 is 17.9 Å². The van der Waals surface area contributed by atoms with Crippen LogP contribution in [0.5, 0.6) is 11.8 Å². The first kappa shape index (κ1) is 16.5. The van der Waals surface area contributed by atoms with Crippen LogP contribution in [0.4, 0.5) is 19.0 Å². The minimum absolute atomic E-state index is 0.0912. The van der Waals surface area contributed by atoms with Crippen molar-refractivity contribution in [1.82, 2.24) is 15.0 Å². The number of hydrogen-bond acceptors (Lipinski definition) is 5. The number of alkyl halides is 3. The summed E-state index contributed by atoms with van der Waals surface area (Å²) in [4.78, 5) is 12.9. The number of pyridine rings is 1. The molecule has 0 aliphatic carbocycles. The smallest absolute Gasteiger partial charge is 0.421 e. The van der Waals surface area contributed by atoms with Crippen LogP contribution in [0.15, 0.2) is 22.8 Å². The second-order valence-electron chi connectivity index (χ2n) is 4.63. The first-order chi connectivity index (χ1) is 10.2. The number of anilines is 1. The molecule has 0 amide bonds. The molecule has 0 bridgehead atoms. The summed E-state index contributed by atoms with van der Waals surface area (Å²) in [6, 6.07) is 3.70. The predicted molar refractivity (Wildman–Crippen MR) is 78.1 cm³/mol. The third-order valence-corrected chi connectivity index (χ3v) is 3.16. The highest BCUT2D eigenvalue weighted by Crippen LogP contribution is 2.32. The Morgan fingerprint density at radius 1 is 1.14 bits per heavy atom. The number of rotatable bonds is 3. The highest BCUT2D eigenvalue weighted by molar-refractivity contribution is 9.10. The van der Waals surface area contributed by atoms with E-state index in [0.717, 1.165) is 11.8 Å². The average Bonchev–Trinajstić information content (AvgIpc) is 2.40. The van der Waals surface area contributed by atoms with Crippen LogP contribution < -0.4 is 9.64 Å². The normalized spacial score (nSPS) is 11.4. The third-order valence-electron chi connectivity index (χ3n) is 2.60. The van der Waals surface area contributed by atoms with Crippen LogP contribution in [0.2, 0.25) is 0 Å². The van der Waals surface area contributed by atoms with Gasteiger partial charge < -0.3 is 9.64 Å². The average molecular weight is 377 g/mol. The zero-order valence-corrected chi connectivity index (χ0v) is 13.5. The minimum atomic E-state index is -4.59. The van der Waals surface area contributed by atoms with Crippen molar-refractivity contribution in [2.45, 2.75) is 13.1 Å². The standard InChI is InChI=1S/C13H12BrF3N4O/c1-7-4-5-8(11(14)18-7)22-12-19-9(13(15,16)17)6-10(20-12)21(2)3/h4-6H,1-3H3. The van der Waals surface area contributed by atoms with E-state index in [4.69, 9.17) is 4.74 Å². The number of ether oxygens (including phenoxy) is 1. The topological polar surface area (TPSA) is 51.1 Å². The molecule has 0 N–H and O–H groups in total. The fraction of sp³-hybridized carbons (Fsp3) is 0.308. The van der Waals surface area contributed by atoms with Crippen molar-refractivity contribution in [3.63, 3.8) is 0 Å². The summed E-state index contributed by atoms with van der Waals surface area (Å²) in [5.74, 6) is 0.322. The van der Waals surface area contributed by atoms with Crippen LogP contribution in [0.3, 0.4) is 0 Å². The summed E-state index contributed by atoms with van der Waals surface area (Å²) >= 11 is 3.19. The maximum Gasteiger partial charge on any atom is 0.433 e. The molecule has 0 atom stereocenters. The second kappa shape index (κ2) is 6.07. The molecule has 22 heavy (non-hydrogen) atoms. The van der Waals surface area contributed by atoms with E-state index in [1.54, 1.807) is 33.2 Å². The summed E-state index contributed by atoms with van der Waals surface area (Å²) in [7, 11) is 3.16. The van der Waals surface area contributed by atoms with Crippen molar-refractivity contribution in [1.29, 1.82) is 0 Å². The largest absolute Gasteiger partial charge is 0.433 e. The molecule has 0 radical (unpaired) electrons. The summed E-state index contributed by atoms with van der Waals surface area (Å²) in [6.07, 6.45) is -4.59. The first-order valence-corrected chi connectivity index (χ1v) is 6.90. The maximum absolute atomic E-state index is 12.9. The molecule has 2 aromatic heterocycles. The maximum atomic E-state index is 12.9. The van der Waals surface area contributed by atoms with Gasteiger partial charge in [0.1, 0.15) is 10.4 Å². The van der Waals surface area contributed by atoms with Gasteiger partial charge in [-0.05, 0) is 35.0 Å². The van der Waals surface area contributed by atoms with Crippen molar-refractivity contribution >= 4 is 21.7 Å². The van der Waals surface area contributed by atoms with E-state index in [9.17, 15) is 13.2 Å². The molecule has 0 unspecified atom stereocenters. The molecular formula is C13H12BrF3N4O. The molecule has 0 saturated carbocycles. The van der Waals surface area contributed by atoms with E-state index in [2.05, 4.69) is 30.9 Å². The van der Waals surface area contributed by atoms with E-state index in [1.807, 2.05) is 0 Å². The van der Waals surface area contributed by atoms with Gasteiger partial charge in [0.15, 0.2) is 11.4 Å². The zero-order valence-electron chi connectivity index (χ0n) is 11.9. The lowest BCUT2D eigenvalue weighted by atomic mass is 10.3. The molecule has 0 spiro atoms. The SMILES string of the molecule is Cc1ccc(Oc2nc(N(C)C)cc(C(F)(F)F)n2)c(Br)n1. The van der Waals surface area contributed by atoms with Crippen LogP contribution in [0.25, 0.3) is 0 Å². The minimum Gasteiger partial charge on any atom is -0.421 e. The Bertz CT molecular complexity index is 691. The predicted octanol–water partition coefficient (Wildman–Crippen LogP) is 3.82. The number of hydrogen-bond donors (Lipinski definition) is 0. The van der Waals surface area contributed by atoms with Gasteiger partial charge in [0.2, 0.25) is 0 Å². The van der Waals surface area contributed by atoms with Gasteiger partial charge in [0, 0.05) is 25.9 Å². The Labute approximate surface area is 133 Å². The fourth-order valence-electron chi connectivity index (χ4n) is 1.52. The Balaban J connectivity index is 2.43. The molecule has 0 aromatic carbocycles. The van der Waals surface area contributed by atoms with Gasteiger partial charge in [0.05, 0.1) is 0 Å². The highest BCUT2D eigenvalue weighted by Gasteiger charge is 2.34. The van der Waals surface area contributed by atoms with E-state index in [0.29, 0.717) is 4.60 Å². The number of aryl methyl sites for hydroxylation is 1. The Morgan fingerprint density at radius 3 is 2.36 bits per heavy atom. The Morgan fingerprint density at radius 2 is 1.82 bits per heavy atom. The van der Waals surface area contributed by atoms with E-state index < -0.39 is 17.9 Å². The molecule has 5 nitrogen and oxygen atoms in total. The van der Waals surface area contributed by atoms with Crippen molar-refractivity contribution in [2.75, 3.05) is 19.0 Å². The van der Waals surface area contributed by atoms with Gasteiger partial charge in [0.25, 0.3) is 0 Å². The molecule has 2 heterocycles. The molecule has 2 rings (SSSR count). The summed E-state index contributed by atoms with van der Waals surface area (Å²) in [5, 5.41) is 0. The number of nitrogens with zero attached hydrogens (tertiary/aromatic N) is 4. The Kier molecular flexibility index (Phi) is 4.55. The van der Waals surface area contributed by atoms with Crippen molar-refractivity contribution in [3.8, 4) is 11.8 Å². The highest BCUT2D eigenvalue weighted by atomic mass is 79.9. The zero-order chi connectivity index (χ0) is 16.5. The summed E-state index contributed by atoms with van der Waals surface area (Å²) in [6.45, 7) is 1.78. The van der Waals surface area contributed by atoms with Crippen molar-refractivity contribution in [2.24, 2.45) is 0 Å². The van der Waals surface area contributed by atoms with Gasteiger partial charge in [-0.3, -0.25) is 0 Å². The van der Waals surface area contributed by atoms with E-state index in [1.165, 1.54) is 4.90 Å². The number of aromatic nitrogens is 3. The molecule has 0 saturated heterocycles. The van der Waals surface area contributed by atoms with Crippen LogP contribution in [0.1, 0.15) is 11.4 Å². The summed E-state index contributed by atoms with van der Waals surface area (Å²) < 4.78 is 44.4. The molecular weight excluding hydrogens is 365 g/mol. The molecule has 0 fully saturated rings. The second-order valence-corrected chi connectivity index (χ2v) is 5.38. The Hall–Kier alpha value is -1.90. The van der Waals surface area contributed by atoms with Crippen LogP contribution in [-0.2, 0) is 6.18 Å². The van der Waals surface area contributed by atoms with Crippen LogP contribution >= 0.6 is 15.9 Å².